The van der Waals surface area contributed by atoms with E-state index < -0.39 is 0 Å². The molecule has 1 aromatic heterocycles. The van der Waals surface area contributed by atoms with Crippen LogP contribution in [0.25, 0.3) is 0 Å². The topological polar surface area (TPSA) is 48.7 Å². The highest BCUT2D eigenvalue weighted by Gasteiger charge is 2.10. The van der Waals surface area contributed by atoms with Crippen LogP contribution in [0.3, 0.4) is 0 Å². The van der Waals surface area contributed by atoms with E-state index in [2.05, 4.69) is 48.2 Å². The Morgan fingerprint density at radius 2 is 1.95 bits per heavy atom. The third-order valence-electron chi connectivity index (χ3n) is 2.64. The fourth-order valence-corrected chi connectivity index (χ4v) is 2.93. The van der Waals surface area contributed by atoms with Crippen LogP contribution in [0.2, 0.25) is 0 Å². The maximum Gasteiger partial charge on any atom is 0.148 e. The van der Waals surface area contributed by atoms with E-state index in [4.69, 9.17) is 0 Å². The van der Waals surface area contributed by atoms with Crippen LogP contribution >= 0.6 is 31.9 Å². The first-order valence-corrected chi connectivity index (χ1v) is 7.20. The lowest BCUT2D eigenvalue weighted by molar-refractivity contribution is 1.16. The van der Waals surface area contributed by atoms with Gasteiger partial charge in [-0.15, -0.1) is 0 Å². The molecule has 0 aliphatic carbocycles. The molecule has 19 heavy (non-hydrogen) atoms. The maximum absolute atomic E-state index is 9.23. The Morgan fingerprint density at radius 1 is 1.21 bits per heavy atom. The highest BCUT2D eigenvalue weighted by Crippen LogP contribution is 2.30. The number of benzene rings is 1. The minimum Gasteiger partial charge on any atom is -0.338 e. The van der Waals surface area contributed by atoms with Crippen molar-refractivity contribution >= 4 is 43.4 Å². The molecule has 0 saturated carbocycles. The van der Waals surface area contributed by atoms with E-state index in [0.717, 1.165) is 25.9 Å². The van der Waals surface area contributed by atoms with Gasteiger partial charge in [-0.25, -0.2) is 4.98 Å². The molecule has 0 bridgehead atoms. The lowest BCUT2D eigenvalue weighted by atomic mass is 10.1. The molecule has 2 rings (SSSR count). The first kappa shape index (κ1) is 14.0. The smallest absolute Gasteiger partial charge is 0.148 e. The van der Waals surface area contributed by atoms with Crippen molar-refractivity contribution in [1.29, 1.82) is 5.26 Å². The van der Waals surface area contributed by atoms with Crippen molar-refractivity contribution in [2.75, 3.05) is 5.32 Å². The number of aryl methyl sites for hydroxylation is 2. The van der Waals surface area contributed by atoms with Crippen LogP contribution in [-0.2, 0) is 0 Å². The predicted octanol–water partition coefficient (Wildman–Crippen LogP) is 4.84. The van der Waals surface area contributed by atoms with Crippen molar-refractivity contribution in [2.45, 2.75) is 13.8 Å². The first-order valence-electron chi connectivity index (χ1n) is 5.61. The normalized spacial score (nSPS) is 10.1. The molecule has 1 heterocycles. The number of nitriles is 1. The van der Waals surface area contributed by atoms with Crippen molar-refractivity contribution in [3.63, 3.8) is 0 Å². The SMILES string of the molecule is Cc1cc(C)c(C#N)c(Nc2ccc(Br)cc2Br)n1. The van der Waals surface area contributed by atoms with Gasteiger partial charge in [0.05, 0.1) is 11.3 Å². The summed E-state index contributed by atoms with van der Waals surface area (Å²) in [5.41, 5.74) is 3.25. The fraction of sp³-hybridized carbons (Fsp3) is 0.143. The Kier molecular flexibility index (Phi) is 4.23. The number of rotatable bonds is 2. The number of nitrogens with zero attached hydrogens (tertiary/aromatic N) is 2. The van der Waals surface area contributed by atoms with Crippen molar-refractivity contribution in [1.82, 2.24) is 4.98 Å². The molecule has 0 aliphatic rings. The molecule has 1 N–H and O–H groups in total. The summed E-state index contributed by atoms with van der Waals surface area (Å²) in [4.78, 5) is 4.40. The van der Waals surface area contributed by atoms with Crippen molar-refractivity contribution in [3.8, 4) is 6.07 Å². The Labute approximate surface area is 128 Å². The zero-order chi connectivity index (χ0) is 14.0. The Balaban J connectivity index is 2.46. The Hall–Kier alpha value is -1.38. The van der Waals surface area contributed by atoms with Crippen LogP contribution in [0.5, 0.6) is 0 Å². The third kappa shape index (κ3) is 3.14. The molecular formula is C14H11Br2N3. The standard InChI is InChI=1S/C14H11Br2N3/c1-8-5-9(2)18-14(11(8)7-17)19-13-4-3-10(15)6-12(13)16/h3-6H,1-2H3,(H,18,19). The van der Waals surface area contributed by atoms with Gasteiger partial charge < -0.3 is 5.32 Å². The summed E-state index contributed by atoms with van der Waals surface area (Å²) in [6.07, 6.45) is 0. The summed E-state index contributed by atoms with van der Waals surface area (Å²) in [5.74, 6) is 0.586. The third-order valence-corrected chi connectivity index (χ3v) is 3.79. The maximum atomic E-state index is 9.23. The summed E-state index contributed by atoms with van der Waals surface area (Å²) in [7, 11) is 0. The Morgan fingerprint density at radius 3 is 2.58 bits per heavy atom. The van der Waals surface area contributed by atoms with Crippen LogP contribution < -0.4 is 5.32 Å². The monoisotopic (exact) mass is 379 g/mol. The van der Waals surface area contributed by atoms with E-state index >= 15 is 0 Å². The summed E-state index contributed by atoms with van der Waals surface area (Å²) in [6.45, 7) is 3.82. The molecule has 0 saturated heterocycles. The molecule has 0 aliphatic heterocycles. The molecule has 0 spiro atoms. The quantitative estimate of drug-likeness (QED) is 0.810. The highest BCUT2D eigenvalue weighted by molar-refractivity contribution is 9.11. The molecule has 2 aromatic rings. The molecule has 96 valence electrons. The van der Waals surface area contributed by atoms with Gasteiger partial charge in [0.25, 0.3) is 0 Å². The van der Waals surface area contributed by atoms with Crippen LogP contribution in [0.4, 0.5) is 11.5 Å². The van der Waals surface area contributed by atoms with Crippen LogP contribution in [0, 0.1) is 25.2 Å². The van der Waals surface area contributed by atoms with Crippen molar-refractivity contribution in [3.05, 3.63) is 50.0 Å². The van der Waals surface area contributed by atoms with Crippen molar-refractivity contribution in [2.24, 2.45) is 0 Å². The van der Waals surface area contributed by atoms with E-state index in [1.807, 2.05) is 38.1 Å². The van der Waals surface area contributed by atoms with Gasteiger partial charge in [0.1, 0.15) is 11.9 Å². The minimum atomic E-state index is 0.570. The van der Waals surface area contributed by atoms with Gasteiger partial charge in [-0.3, -0.25) is 0 Å². The summed E-state index contributed by atoms with van der Waals surface area (Å²) >= 11 is 6.89. The lowest BCUT2D eigenvalue weighted by Crippen LogP contribution is -2.01. The zero-order valence-corrected chi connectivity index (χ0v) is 13.6. The number of nitrogens with one attached hydrogen (secondary N) is 1. The molecular weight excluding hydrogens is 370 g/mol. The first-order chi connectivity index (χ1) is 9.01. The van der Waals surface area contributed by atoms with Gasteiger partial charge in [0, 0.05) is 14.6 Å². The fourth-order valence-electron chi connectivity index (χ4n) is 1.79. The van der Waals surface area contributed by atoms with E-state index in [-0.39, 0.29) is 0 Å². The molecule has 0 unspecified atom stereocenters. The van der Waals surface area contributed by atoms with Crippen LogP contribution in [0.1, 0.15) is 16.8 Å². The lowest BCUT2D eigenvalue weighted by Gasteiger charge is -2.12. The van der Waals surface area contributed by atoms with Gasteiger partial charge in [-0.2, -0.15) is 5.26 Å². The second kappa shape index (κ2) is 5.72. The summed E-state index contributed by atoms with van der Waals surface area (Å²) < 4.78 is 1.89. The van der Waals surface area contributed by atoms with E-state index in [1.54, 1.807) is 0 Å². The average molecular weight is 381 g/mol. The molecule has 0 radical (unpaired) electrons. The number of anilines is 2. The largest absolute Gasteiger partial charge is 0.338 e. The summed E-state index contributed by atoms with van der Waals surface area (Å²) in [6, 6.07) is 9.89. The molecule has 0 amide bonds. The second-order valence-corrected chi connectivity index (χ2v) is 5.94. The van der Waals surface area contributed by atoms with Crippen LogP contribution in [-0.4, -0.2) is 4.98 Å². The number of pyridine rings is 1. The molecule has 3 nitrogen and oxygen atoms in total. The number of halogens is 2. The van der Waals surface area contributed by atoms with E-state index in [9.17, 15) is 5.26 Å². The number of hydrogen-bond acceptors (Lipinski definition) is 3. The van der Waals surface area contributed by atoms with E-state index in [0.29, 0.717) is 11.4 Å². The highest BCUT2D eigenvalue weighted by atomic mass is 79.9. The number of aromatic nitrogens is 1. The zero-order valence-electron chi connectivity index (χ0n) is 10.5. The average Bonchev–Trinajstić information content (AvgIpc) is 2.32. The van der Waals surface area contributed by atoms with Crippen molar-refractivity contribution < 1.29 is 0 Å². The van der Waals surface area contributed by atoms with E-state index in [1.165, 1.54) is 0 Å². The van der Waals surface area contributed by atoms with Gasteiger partial charge in [-0.1, -0.05) is 15.9 Å². The molecule has 0 atom stereocenters. The molecule has 5 heteroatoms. The summed E-state index contributed by atoms with van der Waals surface area (Å²) in [5, 5.41) is 12.4. The molecule has 0 fully saturated rings. The number of hydrogen-bond donors (Lipinski definition) is 1. The van der Waals surface area contributed by atoms with Gasteiger partial charge >= 0.3 is 0 Å². The second-order valence-electron chi connectivity index (χ2n) is 4.17. The van der Waals surface area contributed by atoms with Gasteiger partial charge in [0.2, 0.25) is 0 Å². The Bertz CT molecular complexity index is 675. The minimum absolute atomic E-state index is 0.570. The predicted molar refractivity (Wildman–Crippen MR) is 83.6 cm³/mol. The van der Waals surface area contributed by atoms with Gasteiger partial charge in [-0.05, 0) is 59.6 Å². The van der Waals surface area contributed by atoms with Crippen LogP contribution in [0.15, 0.2) is 33.2 Å². The molecule has 1 aromatic carbocycles. The van der Waals surface area contributed by atoms with Gasteiger partial charge in [0.15, 0.2) is 0 Å².